The van der Waals surface area contributed by atoms with Gasteiger partial charge >= 0.3 is 0 Å². The van der Waals surface area contributed by atoms with Crippen molar-refractivity contribution < 1.29 is 0 Å². The van der Waals surface area contributed by atoms with E-state index >= 15 is 0 Å². The summed E-state index contributed by atoms with van der Waals surface area (Å²) in [7, 11) is 0. The van der Waals surface area contributed by atoms with Crippen LogP contribution in [0.15, 0.2) is 42.6 Å². The molecule has 0 atom stereocenters. The summed E-state index contributed by atoms with van der Waals surface area (Å²) in [4.78, 5) is 3.99. The Hall–Kier alpha value is -2.14. The number of nitriles is 1. The molecule has 1 aromatic carbocycles. The highest BCUT2D eigenvalue weighted by Crippen LogP contribution is 2.20. The molecule has 1 heterocycles. The van der Waals surface area contributed by atoms with E-state index in [4.69, 9.17) is 5.26 Å². The van der Waals surface area contributed by atoms with E-state index in [1.807, 2.05) is 36.4 Å². The molecular formula is C12H7N2. The first-order valence-electron chi connectivity index (χ1n) is 4.24. The number of benzene rings is 1. The van der Waals surface area contributed by atoms with Crippen LogP contribution in [0.5, 0.6) is 0 Å². The molecule has 0 aliphatic rings. The Bertz CT molecular complexity index is 469. The Labute approximate surface area is 82.5 Å². The van der Waals surface area contributed by atoms with Gasteiger partial charge < -0.3 is 0 Å². The number of rotatable bonds is 1. The second kappa shape index (κ2) is 3.71. The van der Waals surface area contributed by atoms with Gasteiger partial charge in [-0.15, -0.1) is 0 Å². The van der Waals surface area contributed by atoms with Crippen LogP contribution < -0.4 is 0 Å². The van der Waals surface area contributed by atoms with Crippen molar-refractivity contribution in [2.45, 2.75) is 0 Å². The van der Waals surface area contributed by atoms with E-state index < -0.39 is 0 Å². The van der Waals surface area contributed by atoms with E-state index in [1.54, 1.807) is 6.20 Å². The van der Waals surface area contributed by atoms with Gasteiger partial charge in [-0.25, -0.2) is 4.98 Å². The standard InChI is InChI=1S/C12H7N2/c13-9-12-11(7-4-8-14-12)10-5-2-1-3-6-10/h1-5,7-8H. The quantitative estimate of drug-likeness (QED) is 0.674. The van der Waals surface area contributed by atoms with Gasteiger partial charge in [-0.1, -0.05) is 24.3 Å². The molecule has 0 saturated carbocycles. The molecule has 65 valence electrons. The summed E-state index contributed by atoms with van der Waals surface area (Å²) in [5.74, 6) is 0. The highest BCUT2D eigenvalue weighted by Gasteiger charge is 2.03. The zero-order valence-corrected chi connectivity index (χ0v) is 7.44. The van der Waals surface area contributed by atoms with Crippen molar-refractivity contribution in [3.8, 4) is 17.2 Å². The van der Waals surface area contributed by atoms with E-state index in [0.29, 0.717) is 5.69 Å². The predicted octanol–water partition coefficient (Wildman–Crippen LogP) is 2.42. The summed E-state index contributed by atoms with van der Waals surface area (Å²) in [5.41, 5.74) is 2.17. The average molecular weight is 179 g/mol. The largest absolute Gasteiger partial charge is 0.245 e. The van der Waals surface area contributed by atoms with Crippen molar-refractivity contribution in [1.29, 1.82) is 5.26 Å². The molecule has 0 fully saturated rings. The van der Waals surface area contributed by atoms with Crippen LogP contribution in [0.4, 0.5) is 0 Å². The lowest BCUT2D eigenvalue weighted by molar-refractivity contribution is 1.26. The van der Waals surface area contributed by atoms with Crippen molar-refractivity contribution >= 4 is 0 Å². The number of aromatic nitrogens is 1. The van der Waals surface area contributed by atoms with Crippen molar-refractivity contribution in [3.05, 3.63) is 54.4 Å². The molecule has 0 aliphatic heterocycles. The molecule has 2 nitrogen and oxygen atoms in total. The lowest BCUT2D eigenvalue weighted by Gasteiger charge is -2.00. The zero-order chi connectivity index (χ0) is 9.80. The van der Waals surface area contributed by atoms with Crippen LogP contribution in [0.2, 0.25) is 0 Å². The average Bonchev–Trinajstić information content (AvgIpc) is 2.30. The molecule has 2 heteroatoms. The predicted molar refractivity (Wildman–Crippen MR) is 53.2 cm³/mol. The van der Waals surface area contributed by atoms with E-state index in [2.05, 4.69) is 17.1 Å². The summed E-state index contributed by atoms with van der Waals surface area (Å²) in [5, 5.41) is 8.85. The van der Waals surface area contributed by atoms with Crippen molar-refractivity contribution in [2.75, 3.05) is 0 Å². The maximum atomic E-state index is 8.85. The molecule has 0 amide bonds. The fourth-order valence-electron chi connectivity index (χ4n) is 1.27. The Balaban J connectivity index is 2.58. The molecule has 0 unspecified atom stereocenters. The Morgan fingerprint density at radius 1 is 1.21 bits per heavy atom. The van der Waals surface area contributed by atoms with Gasteiger partial charge in [0, 0.05) is 11.8 Å². The first-order valence-corrected chi connectivity index (χ1v) is 4.24. The summed E-state index contributed by atoms with van der Waals surface area (Å²) in [6.07, 6.45) is 1.62. The third kappa shape index (κ3) is 1.48. The lowest BCUT2D eigenvalue weighted by Crippen LogP contribution is -1.87. The molecule has 1 aromatic heterocycles. The van der Waals surface area contributed by atoms with Crippen LogP contribution >= 0.6 is 0 Å². The minimum Gasteiger partial charge on any atom is -0.245 e. The Morgan fingerprint density at radius 3 is 2.86 bits per heavy atom. The first-order chi connectivity index (χ1) is 6.92. The topological polar surface area (TPSA) is 36.7 Å². The zero-order valence-electron chi connectivity index (χ0n) is 7.44. The molecule has 2 aromatic rings. The fraction of sp³-hybridized carbons (Fsp3) is 0. The van der Waals surface area contributed by atoms with Crippen LogP contribution in [-0.2, 0) is 0 Å². The Morgan fingerprint density at radius 2 is 2.14 bits per heavy atom. The minimum absolute atomic E-state index is 0.440. The van der Waals surface area contributed by atoms with Crippen LogP contribution in [0.3, 0.4) is 0 Å². The van der Waals surface area contributed by atoms with Gasteiger partial charge in [-0.3, -0.25) is 0 Å². The molecule has 2 rings (SSSR count). The van der Waals surface area contributed by atoms with Crippen LogP contribution in [-0.4, -0.2) is 4.98 Å². The van der Waals surface area contributed by atoms with Gasteiger partial charge in [0.2, 0.25) is 0 Å². The maximum absolute atomic E-state index is 8.85. The van der Waals surface area contributed by atoms with Gasteiger partial charge in [-0.2, -0.15) is 5.26 Å². The van der Waals surface area contributed by atoms with Crippen molar-refractivity contribution in [3.63, 3.8) is 0 Å². The minimum atomic E-state index is 0.440. The molecular weight excluding hydrogens is 172 g/mol. The number of nitrogens with zero attached hydrogens (tertiary/aromatic N) is 2. The molecule has 0 bridgehead atoms. The maximum Gasteiger partial charge on any atom is 0.148 e. The summed E-state index contributed by atoms with van der Waals surface area (Å²) in [6, 6.07) is 16.4. The summed E-state index contributed by atoms with van der Waals surface area (Å²) in [6.45, 7) is 0. The third-order valence-corrected chi connectivity index (χ3v) is 1.91. The second-order valence-corrected chi connectivity index (χ2v) is 2.79. The van der Waals surface area contributed by atoms with E-state index in [0.717, 1.165) is 11.1 Å². The second-order valence-electron chi connectivity index (χ2n) is 2.79. The van der Waals surface area contributed by atoms with Crippen LogP contribution in [0.25, 0.3) is 11.1 Å². The fourth-order valence-corrected chi connectivity index (χ4v) is 1.27. The van der Waals surface area contributed by atoms with Crippen molar-refractivity contribution in [1.82, 2.24) is 4.98 Å². The Kier molecular flexibility index (Phi) is 2.24. The van der Waals surface area contributed by atoms with Crippen molar-refractivity contribution in [2.24, 2.45) is 0 Å². The smallest absolute Gasteiger partial charge is 0.148 e. The number of hydrogen-bond acceptors (Lipinski definition) is 2. The van der Waals surface area contributed by atoms with E-state index in [-0.39, 0.29) is 0 Å². The molecule has 0 saturated heterocycles. The highest BCUT2D eigenvalue weighted by atomic mass is 14.7. The monoisotopic (exact) mass is 179 g/mol. The molecule has 1 radical (unpaired) electrons. The normalized spacial score (nSPS) is 9.36. The number of pyridine rings is 1. The molecule has 0 spiro atoms. The van der Waals surface area contributed by atoms with Gasteiger partial charge in [-0.05, 0) is 23.8 Å². The van der Waals surface area contributed by atoms with Gasteiger partial charge in [0.1, 0.15) is 11.8 Å². The first kappa shape index (κ1) is 8.46. The molecule has 0 N–H and O–H groups in total. The van der Waals surface area contributed by atoms with E-state index in [1.165, 1.54) is 0 Å². The molecule has 14 heavy (non-hydrogen) atoms. The summed E-state index contributed by atoms with van der Waals surface area (Å²) < 4.78 is 0. The van der Waals surface area contributed by atoms with Crippen LogP contribution in [0, 0.1) is 17.4 Å². The highest BCUT2D eigenvalue weighted by molar-refractivity contribution is 5.67. The van der Waals surface area contributed by atoms with Gasteiger partial charge in [0.05, 0.1) is 0 Å². The SMILES string of the molecule is N#Cc1ncccc1-c1[c]cccc1. The van der Waals surface area contributed by atoms with Gasteiger partial charge in [0.25, 0.3) is 0 Å². The van der Waals surface area contributed by atoms with E-state index in [9.17, 15) is 0 Å². The van der Waals surface area contributed by atoms with Gasteiger partial charge in [0.15, 0.2) is 0 Å². The van der Waals surface area contributed by atoms with Crippen LogP contribution in [0.1, 0.15) is 5.69 Å². The summed E-state index contributed by atoms with van der Waals surface area (Å²) >= 11 is 0. The number of hydrogen-bond donors (Lipinski definition) is 0. The third-order valence-electron chi connectivity index (χ3n) is 1.91. The lowest BCUT2D eigenvalue weighted by atomic mass is 10.1. The molecule has 0 aliphatic carbocycles.